The van der Waals surface area contributed by atoms with Gasteiger partial charge < -0.3 is 9.15 Å². The Hall–Kier alpha value is -2.32. The van der Waals surface area contributed by atoms with Gasteiger partial charge in [-0.1, -0.05) is 35.0 Å². The zero-order valence-corrected chi connectivity index (χ0v) is 13.6. The van der Waals surface area contributed by atoms with Gasteiger partial charge in [-0.2, -0.15) is 5.26 Å². The normalized spacial score (nSPS) is 11.0. The lowest BCUT2D eigenvalue weighted by Crippen LogP contribution is -2.07. The second kappa shape index (κ2) is 7.62. The Morgan fingerprint density at radius 3 is 2.68 bits per heavy atom. The number of nitriles is 1. The second-order valence-electron chi connectivity index (χ2n) is 4.51. The van der Waals surface area contributed by atoms with Crippen molar-refractivity contribution >= 4 is 28.0 Å². The van der Waals surface area contributed by atoms with Gasteiger partial charge in [-0.05, 0) is 30.7 Å². The Kier molecular flexibility index (Phi) is 5.56. The minimum Gasteiger partial charge on any atom is -0.462 e. The van der Waals surface area contributed by atoms with E-state index in [0.29, 0.717) is 24.5 Å². The van der Waals surface area contributed by atoms with Gasteiger partial charge in [0.05, 0.1) is 6.61 Å². The van der Waals surface area contributed by atoms with Crippen molar-refractivity contribution in [2.24, 2.45) is 0 Å². The van der Waals surface area contributed by atoms with E-state index in [-0.39, 0.29) is 5.57 Å². The van der Waals surface area contributed by atoms with Crippen molar-refractivity contribution in [1.82, 2.24) is 0 Å². The van der Waals surface area contributed by atoms with E-state index in [4.69, 9.17) is 14.4 Å². The monoisotopic (exact) mass is 359 g/mol. The summed E-state index contributed by atoms with van der Waals surface area (Å²) in [6.07, 6.45) is 2.10. The highest BCUT2D eigenvalue weighted by Crippen LogP contribution is 2.25. The molecule has 0 spiro atoms. The van der Waals surface area contributed by atoms with E-state index < -0.39 is 5.97 Å². The molecule has 112 valence electrons. The molecule has 5 heteroatoms. The molecule has 0 N–H and O–H groups in total. The maximum atomic E-state index is 11.7. The predicted molar refractivity (Wildman–Crippen MR) is 86.7 cm³/mol. The van der Waals surface area contributed by atoms with E-state index in [0.717, 1.165) is 10.0 Å². The molecule has 1 aromatic carbocycles. The van der Waals surface area contributed by atoms with Crippen molar-refractivity contribution in [1.29, 1.82) is 5.26 Å². The summed E-state index contributed by atoms with van der Waals surface area (Å²) in [5.74, 6) is 0.465. The van der Waals surface area contributed by atoms with E-state index in [1.54, 1.807) is 12.1 Å². The molecule has 0 aliphatic heterocycles. The molecule has 0 amide bonds. The van der Waals surface area contributed by atoms with Crippen LogP contribution in [0.2, 0.25) is 0 Å². The average molecular weight is 360 g/mol. The van der Waals surface area contributed by atoms with Crippen molar-refractivity contribution < 1.29 is 13.9 Å². The minimum absolute atomic E-state index is 0.0786. The van der Waals surface area contributed by atoms with Crippen molar-refractivity contribution in [3.05, 3.63) is 52.2 Å². The molecule has 1 aromatic heterocycles. The molecule has 1 heterocycles. The number of ether oxygens (including phenoxy) is 1. The number of esters is 1. The van der Waals surface area contributed by atoms with Gasteiger partial charge in [-0.3, -0.25) is 0 Å². The van der Waals surface area contributed by atoms with Crippen LogP contribution in [0, 0.1) is 11.3 Å². The summed E-state index contributed by atoms with van der Waals surface area (Å²) in [5.41, 5.74) is 0.833. The Balaban J connectivity index is 2.20. The van der Waals surface area contributed by atoms with E-state index in [1.165, 1.54) is 6.08 Å². The van der Waals surface area contributed by atoms with E-state index >= 15 is 0 Å². The van der Waals surface area contributed by atoms with Crippen LogP contribution in [0.4, 0.5) is 0 Å². The van der Waals surface area contributed by atoms with Crippen LogP contribution in [-0.4, -0.2) is 12.6 Å². The molecule has 22 heavy (non-hydrogen) atoms. The van der Waals surface area contributed by atoms with Gasteiger partial charge in [-0.25, -0.2) is 4.79 Å². The lowest BCUT2D eigenvalue weighted by Gasteiger charge is -2.00. The van der Waals surface area contributed by atoms with Crippen LogP contribution >= 0.6 is 15.9 Å². The third-order valence-corrected chi connectivity index (χ3v) is 3.35. The highest BCUT2D eigenvalue weighted by Gasteiger charge is 2.12. The molecule has 2 rings (SSSR count). The number of hydrogen-bond acceptors (Lipinski definition) is 4. The molecule has 0 aliphatic carbocycles. The highest BCUT2D eigenvalue weighted by atomic mass is 79.9. The standard InChI is InChI=1S/C17H14BrNO3/c1-2-9-21-17(20)13(11-19)10-15-7-8-16(22-15)12-3-5-14(18)6-4-12/h3-8,10H,2,9H2,1H3. The first-order valence-corrected chi connectivity index (χ1v) is 7.58. The first kappa shape index (κ1) is 16.1. The van der Waals surface area contributed by atoms with Crippen LogP contribution < -0.4 is 0 Å². The average Bonchev–Trinajstić information content (AvgIpc) is 2.99. The number of carbonyl (C=O) groups excluding carboxylic acids is 1. The molecular formula is C17H14BrNO3. The van der Waals surface area contributed by atoms with Crippen molar-refractivity contribution in [2.75, 3.05) is 6.61 Å². The third kappa shape index (κ3) is 4.09. The SMILES string of the molecule is CCCOC(=O)C(C#N)=Cc1ccc(-c2ccc(Br)cc2)o1. The Morgan fingerprint density at radius 2 is 2.05 bits per heavy atom. The van der Waals surface area contributed by atoms with E-state index in [2.05, 4.69) is 15.9 Å². The van der Waals surface area contributed by atoms with E-state index in [9.17, 15) is 4.79 Å². The zero-order valence-electron chi connectivity index (χ0n) is 12.0. The second-order valence-corrected chi connectivity index (χ2v) is 5.43. The van der Waals surface area contributed by atoms with Crippen molar-refractivity contribution in [3.8, 4) is 17.4 Å². The summed E-state index contributed by atoms with van der Waals surface area (Å²) >= 11 is 3.37. The lowest BCUT2D eigenvalue weighted by atomic mass is 10.2. The Morgan fingerprint density at radius 1 is 1.32 bits per heavy atom. The van der Waals surface area contributed by atoms with Crippen LogP contribution in [0.15, 0.2) is 50.9 Å². The first-order chi connectivity index (χ1) is 10.6. The van der Waals surface area contributed by atoms with Gasteiger partial charge in [-0.15, -0.1) is 0 Å². The number of halogens is 1. The molecule has 0 saturated heterocycles. The van der Waals surface area contributed by atoms with Gasteiger partial charge in [0, 0.05) is 16.1 Å². The molecule has 0 aliphatic rings. The summed E-state index contributed by atoms with van der Waals surface area (Å²) in [6, 6.07) is 13.0. The molecule has 0 radical (unpaired) electrons. The Labute approximate surface area is 137 Å². The fourth-order valence-electron chi connectivity index (χ4n) is 1.75. The van der Waals surface area contributed by atoms with Crippen LogP contribution in [0.5, 0.6) is 0 Å². The molecule has 0 fully saturated rings. The van der Waals surface area contributed by atoms with Gasteiger partial charge in [0.25, 0.3) is 0 Å². The third-order valence-electron chi connectivity index (χ3n) is 2.82. The van der Waals surface area contributed by atoms with Gasteiger partial charge in [0.15, 0.2) is 0 Å². The summed E-state index contributed by atoms with van der Waals surface area (Å²) in [4.78, 5) is 11.7. The lowest BCUT2D eigenvalue weighted by molar-refractivity contribution is -0.138. The highest BCUT2D eigenvalue weighted by molar-refractivity contribution is 9.10. The maximum absolute atomic E-state index is 11.7. The van der Waals surface area contributed by atoms with E-state index in [1.807, 2.05) is 37.3 Å². The van der Waals surface area contributed by atoms with Gasteiger partial charge in [0.2, 0.25) is 0 Å². The molecule has 2 aromatic rings. The summed E-state index contributed by atoms with van der Waals surface area (Å²) < 4.78 is 11.6. The molecule has 0 bridgehead atoms. The fraction of sp³-hybridized carbons (Fsp3) is 0.176. The van der Waals surface area contributed by atoms with Crippen LogP contribution in [0.1, 0.15) is 19.1 Å². The number of benzene rings is 1. The number of nitrogens with zero attached hydrogens (tertiary/aromatic N) is 1. The number of furan rings is 1. The zero-order chi connectivity index (χ0) is 15.9. The summed E-state index contributed by atoms with van der Waals surface area (Å²) in [5, 5.41) is 9.05. The topological polar surface area (TPSA) is 63.2 Å². The first-order valence-electron chi connectivity index (χ1n) is 6.78. The molecular weight excluding hydrogens is 346 g/mol. The van der Waals surface area contributed by atoms with Gasteiger partial charge >= 0.3 is 5.97 Å². The quantitative estimate of drug-likeness (QED) is 0.445. The predicted octanol–water partition coefficient (Wildman–Crippen LogP) is 4.57. The smallest absolute Gasteiger partial charge is 0.349 e. The molecule has 0 atom stereocenters. The number of hydrogen-bond donors (Lipinski definition) is 0. The van der Waals surface area contributed by atoms with Crippen LogP contribution in [-0.2, 0) is 9.53 Å². The fourth-order valence-corrected chi connectivity index (χ4v) is 2.02. The molecule has 4 nitrogen and oxygen atoms in total. The molecule has 0 saturated carbocycles. The molecule has 0 unspecified atom stereocenters. The summed E-state index contributed by atoms with van der Waals surface area (Å²) in [6.45, 7) is 2.18. The number of carbonyl (C=O) groups is 1. The van der Waals surface area contributed by atoms with Gasteiger partial charge in [0.1, 0.15) is 23.2 Å². The van der Waals surface area contributed by atoms with Crippen molar-refractivity contribution in [2.45, 2.75) is 13.3 Å². The number of rotatable bonds is 5. The van der Waals surface area contributed by atoms with Crippen LogP contribution in [0.3, 0.4) is 0 Å². The minimum atomic E-state index is -0.633. The van der Waals surface area contributed by atoms with Crippen LogP contribution in [0.25, 0.3) is 17.4 Å². The largest absolute Gasteiger partial charge is 0.462 e. The summed E-state index contributed by atoms with van der Waals surface area (Å²) in [7, 11) is 0. The van der Waals surface area contributed by atoms with Crippen molar-refractivity contribution in [3.63, 3.8) is 0 Å². The maximum Gasteiger partial charge on any atom is 0.349 e. The Bertz CT molecular complexity index is 723.